The third kappa shape index (κ3) is 4.73. The Balaban J connectivity index is 2.17. The summed E-state index contributed by atoms with van der Waals surface area (Å²) in [7, 11) is 1.59. The number of carbonyl (C=O) groups excluding carboxylic acids is 1. The highest BCUT2D eigenvalue weighted by Crippen LogP contribution is 2.24. The van der Waals surface area contributed by atoms with Crippen molar-refractivity contribution >= 4 is 23.3 Å². The largest absolute Gasteiger partial charge is 0.497 e. The summed E-state index contributed by atoms with van der Waals surface area (Å²) in [5, 5.41) is 15.0. The number of amides is 1. The van der Waals surface area contributed by atoms with Crippen LogP contribution < -0.4 is 15.4 Å². The topological polar surface area (TPSA) is 87.7 Å². The van der Waals surface area contributed by atoms with Crippen LogP contribution in [0, 0.1) is 5.41 Å². The molecule has 0 atom stereocenters. The summed E-state index contributed by atoms with van der Waals surface area (Å²) in [4.78, 5) is 23.6. The first kappa shape index (κ1) is 18.3. The molecule has 132 valence electrons. The van der Waals surface area contributed by atoms with E-state index in [0.29, 0.717) is 17.0 Å². The molecule has 3 N–H and O–H groups in total. The van der Waals surface area contributed by atoms with Crippen molar-refractivity contribution in [2.24, 2.45) is 5.41 Å². The number of para-hydroxylation sites is 1. The van der Waals surface area contributed by atoms with Gasteiger partial charge in [-0.15, -0.1) is 0 Å². The summed E-state index contributed by atoms with van der Waals surface area (Å²) in [6.07, 6.45) is 0. The number of carboxylic acid groups (broad SMARTS) is 1. The van der Waals surface area contributed by atoms with Crippen molar-refractivity contribution in [3.05, 3.63) is 54.1 Å². The molecule has 0 fully saturated rings. The van der Waals surface area contributed by atoms with E-state index in [1.54, 1.807) is 39.2 Å². The first-order valence-electron chi connectivity index (χ1n) is 7.85. The zero-order valence-corrected chi connectivity index (χ0v) is 14.5. The number of nitrogens with one attached hydrogen (secondary N) is 2. The first-order chi connectivity index (χ1) is 11.8. The molecule has 0 radical (unpaired) electrons. The number of anilines is 2. The number of carbonyl (C=O) groups is 2. The van der Waals surface area contributed by atoms with Crippen molar-refractivity contribution in [2.45, 2.75) is 13.8 Å². The zero-order chi connectivity index (χ0) is 18.4. The summed E-state index contributed by atoms with van der Waals surface area (Å²) < 4.78 is 5.19. The van der Waals surface area contributed by atoms with E-state index in [9.17, 15) is 9.59 Å². The molecule has 0 aliphatic heterocycles. The van der Waals surface area contributed by atoms with Gasteiger partial charge in [-0.1, -0.05) is 18.2 Å². The van der Waals surface area contributed by atoms with Crippen LogP contribution in [0.4, 0.5) is 11.4 Å². The number of methoxy groups -OCH3 is 1. The van der Waals surface area contributed by atoms with E-state index >= 15 is 0 Å². The van der Waals surface area contributed by atoms with E-state index in [2.05, 4.69) is 10.6 Å². The van der Waals surface area contributed by atoms with E-state index < -0.39 is 11.4 Å². The van der Waals surface area contributed by atoms with Crippen LogP contribution in [0.2, 0.25) is 0 Å². The van der Waals surface area contributed by atoms with Crippen LogP contribution in [0.15, 0.2) is 48.5 Å². The van der Waals surface area contributed by atoms with Gasteiger partial charge in [0.05, 0.1) is 23.8 Å². The molecule has 0 aliphatic rings. The van der Waals surface area contributed by atoms with Gasteiger partial charge in [-0.2, -0.15) is 0 Å². The second-order valence-corrected chi connectivity index (χ2v) is 6.27. The van der Waals surface area contributed by atoms with Crippen molar-refractivity contribution in [3.8, 4) is 5.75 Å². The molecule has 25 heavy (non-hydrogen) atoms. The van der Waals surface area contributed by atoms with Crippen LogP contribution in [0.3, 0.4) is 0 Å². The standard InChI is InChI=1S/C19H22N2O4/c1-19(2,18(23)24)12-20-17(22)15-9-4-5-10-16(15)21-13-7-6-8-14(11-13)25-3/h4-11,21H,12H2,1-3H3,(H,20,22)(H,23,24). The molecule has 6 nitrogen and oxygen atoms in total. The maximum Gasteiger partial charge on any atom is 0.310 e. The Labute approximate surface area is 146 Å². The second-order valence-electron chi connectivity index (χ2n) is 6.27. The van der Waals surface area contributed by atoms with Gasteiger partial charge in [0.15, 0.2) is 0 Å². The normalized spacial score (nSPS) is 10.8. The second kappa shape index (κ2) is 7.70. The van der Waals surface area contributed by atoms with Gasteiger partial charge in [0.2, 0.25) is 0 Å². The fourth-order valence-corrected chi connectivity index (χ4v) is 2.12. The maximum absolute atomic E-state index is 12.5. The molecule has 0 saturated heterocycles. The predicted molar refractivity (Wildman–Crippen MR) is 96.5 cm³/mol. The first-order valence-corrected chi connectivity index (χ1v) is 7.85. The third-order valence-corrected chi connectivity index (χ3v) is 3.79. The Hall–Kier alpha value is -3.02. The fourth-order valence-electron chi connectivity index (χ4n) is 2.12. The average molecular weight is 342 g/mol. The molecule has 6 heteroatoms. The van der Waals surface area contributed by atoms with Gasteiger partial charge in [0, 0.05) is 18.3 Å². The highest BCUT2D eigenvalue weighted by atomic mass is 16.5. The van der Waals surface area contributed by atoms with Gasteiger partial charge in [-0.25, -0.2) is 0 Å². The molecule has 2 aromatic rings. The van der Waals surface area contributed by atoms with Crippen LogP contribution in [-0.2, 0) is 4.79 Å². The SMILES string of the molecule is COc1cccc(Nc2ccccc2C(=O)NCC(C)(C)C(=O)O)c1. The van der Waals surface area contributed by atoms with Crippen LogP contribution in [0.5, 0.6) is 5.75 Å². The Morgan fingerprint density at radius 3 is 2.52 bits per heavy atom. The predicted octanol–water partition coefficient (Wildman–Crippen LogP) is 3.28. The summed E-state index contributed by atoms with van der Waals surface area (Å²) in [5.41, 5.74) is 0.809. The highest BCUT2D eigenvalue weighted by Gasteiger charge is 2.28. The Kier molecular flexibility index (Phi) is 5.64. The van der Waals surface area contributed by atoms with Crippen molar-refractivity contribution in [3.63, 3.8) is 0 Å². The lowest BCUT2D eigenvalue weighted by Crippen LogP contribution is -2.39. The minimum absolute atomic E-state index is 0.0364. The third-order valence-electron chi connectivity index (χ3n) is 3.79. The fraction of sp³-hybridized carbons (Fsp3) is 0.263. The number of hydrogen-bond donors (Lipinski definition) is 3. The monoisotopic (exact) mass is 342 g/mol. The van der Waals surface area contributed by atoms with E-state index in [4.69, 9.17) is 9.84 Å². The molecule has 0 heterocycles. The van der Waals surface area contributed by atoms with Crippen molar-refractivity contribution < 1.29 is 19.4 Å². The smallest absolute Gasteiger partial charge is 0.310 e. The van der Waals surface area contributed by atoms with Gasteiger partial charge in [-0.05, 0) is 38.1 Å². The van der Waals surface area contributed by atoms with Crippen LogP contribution in [0.25, 0.3) is 0 Å². The van der Waals surface area contributed by atoms with E-state index in [-0.39, 0.29) is 12.5 Å². The number of aliphatic carboxylic acids is 1. The Bertz CT molecular complexity index is 772. The molecule has 0 aliphatic carbocycles. The highest BCUT2D eigenvalue weighted by molar-refractivity contribution is 6.00. The van der Waals surface area contributed by atoms with Crippen LogP contribution >= 0.6 is 0 Å². The minimum Gasteiger partial charge on any atom is -0.497 e. The van der Waals surface area contributed by atoms with Gasteiger partial charge >= 0.3 is 5.97 Å². The van der Waals surface area contributed by atoms with Crippen LogP contribution in [-0.4, -0.2) is 30.6 Å². The number of benzene rings is 2. The molecule has 0 spiro atoms. The van der Waals surface area contributed by atoms with Gasteiger partial charge < -0.3 is 20.5 Å². The Morgan fingerprint density at radius 2 is 1.84 bits per heavy atom. The number of carboxylic acids is 1. The summed E-state index contributed by atoms with van der Waals surface area (Å²) in [6, 6.07) is 14.4. The van der Waals surface area contributed by atoms with Gasteiger partial charge in [-0.3, -0.25) is 9.59 Å². The summed E-state index contributed by atoms with van der Waals surface area (Å²) in [5.74, 6) is -0.592. The summed E-state index contributed by atoms with van der Waals surface area (Å²) in [6.45, 7) is 3.17. The van der Waals surface area contributed by atoms with E-state index in [1.807, 2.05) is 30.3 Å². The number of hydrogen-bond acceptors (Lipinski definition) is 4. The quantitative estimate of drug-likeness (QED) is 0.719. The average Bonchev–Trinajstić information content (AvgIpc) is 2.60. The molecule has 0 aromatic heterocycles. The van der Waals surface area contributed by atoms with Crippen LogP contribution in [0.1, 0.15) is 24.2 Å². The number of rotatable bonds is 7. The summed E-state index contributed by atoms with van der Waals surface area (Å²) >= 11 is 0. The molecular weight excluding hydrogens is 320 g/mol. The van der Waals surface area contributed by atoms with Gasteiger partial charge in [0.1, 0.15) is 5.75 Å². The lowest BCUT2D eigenvalue weighted by molar-refractivity contribution is -0.146. The van der Waals surface area contributed by atoms with Crippen molar-refractivity contribution in [1.29, 1.82) is 0 Å². The molecule has 0 bridgehead atoms. The van der Waals surface area contributed by atoms with Gasteiger partial charge in [0.25, 0.3) is 5.91 Å². The molecule has 0 saturated carbocycles. The van der Waals surface area contributed by atoms with E-state index in [1.165, 1.54) is 0 Å². The molecule has 0 unspecified atom stereocenters. The minimum atomic E-state index is -1.04. The lowest BCUT2D eigenvalue weighted by Gasteiger charge is -2.20. The zero-order valence-electron chi connectivity index (χ0n) is 14.5. The number of ether oxygens (including phenoxy) is 1. The Morgan fingerprint density at radius 1 is 1.12 bits per heavy atom. The lowest BCUT2D eigenvalue weighted by atomic mass is 9.94. The van der Waals surface area contributed by atoms with Crippen molar-refractivity contribution in [1.82, 2.24) is 5.32 Å². The maximum atomic E-state index is 12.5. The molecule has 1 amide bonds. The molecular formula is C19H22N2O4. The van der Waals surface area contributed by atoms with E-state index in [0.717, 1.165) is 5.69 Å². The molecule has 2 aromatic carbocycles. The van der Waals surface area contributed by atoms with Crippen molar-refractivity contribution in [2.75, 3.05) is 19.0 Å². The molecule has 2 rings (SSSR count).